The number of rotatable bonds is 8. The Kier molecular flexibility index (Phi) is 6.30. The highest BCUT2D eigenvalue weighted by atomic mass is 16.5. The molecular weight excluding hydrogens is 214 g/mol. The van der Waals surface area contributed by atoms with Crippen LogP contribution in [0.4, 0.5) is 0 Å². The molecule has 3 heteroatoms. The summed E-state index contributed by atoms with van der Waals surface area (Å²) < 4.78 is 11.0. The first kappa shape index (κ1) is 14.3. The van der Waals surface area contributed by atoms with Crippen LogP contribution >= 0.6 is 0 Å². The van der Waals surface area contributed by atoms with Gasteiger partial charge >= 0.3 is 0 Å². The summed E-state index contributed by atoms with van der Waals surface area (Å²) in [5.41, 5.74) is 1.20. The third-order valence-corrected chi connectivity index (χ3v) is 2.39. The van der Waals surface area contributed by atoms with Gasteiger partial charge in [0.1, 0.15) is 12.4 Å². The van der Waals surface area contributed by atoms with E-state index in [1.165, 1.54) is 5.56 Å². The fourth-order valence-electron chi connectivity index (χ4n) is 1.53. The van der Waals surface area contributed by atoms with Gasteiger partial charge in [-0.3, -0.25) is 0 Å². The molecule has 0 radical (unpaired) electrons. The van der Waals surface area contributed by atoms with E-state index < -0.39 is 0 Å². The quantitative estimate of drug-likeness (QED) is 0.756. The van der Waals surface area contributed by atoms with Gasteiger partial charge in [0.05, 0.1) is 6.26 Å². The third kappa shape index (κ3) is 5.89. The van der Waals surface area contributed by atoms with E-state index in [9.17, 15) is 0 Å². The van der Waals surface area contributed by atoms with Crippen LogP contribution < -0.4 is 5.32 Å². The summed E-state index contributed by atoms with van der Waals surface area (Å²) in [5.74, 6) is 2.18. The van der Waals surface area contributed by atoms with Gasteiger partial charge in [0.25, 0.3) is 0 Å². The summed E-state index contributed by atoms with van der Waals surface area (Å²) in [7, 11) is 0. The highest BCUT2D eigenvalue weighted by Gasteiger charge is 2.07. The molecule has 0 aromatic carbocycles. The van der Waals surface area contributed by atoms with Gasteiger partial charge in [-0.2, -0.15) is 0 Å². The molecule has 0 aliphatic carbocycles. The molecule has 0 amide bonds. The Morgan fingerprint density at radius 3 is 2.65 bits per heavy atom. The van der Waals surface area contributed by atoms with Gasteiger partial charge < -0.3 is 14.5 Å². The molecule has 0 spiro atoms. The van der Waals surface area contributed by atoms with E-state index in [0.717, 1.165) is 25.5 Å². The molecule has 0 unspecified atom stereocenters. The molecule has 0 bridgehead atoms. The largest absolute Gasteiger partial charge is 0.467 e. The molecule has 3 nitrogen and oxygen atoms in total. The first-order valence-electron chi connectivity index (χ1n) is 6.43. The van der Waals surface area contributed by atoms with Crippen LogP contribution in [0, 0.1) is 11.8 Å². The summed E-state index contributed by atoms with van der Waals surface area (Å²) in [6.07, 6.45) is 1.74. The van der Waals surface area contributed by atoms with Crippen LogP contribution in [0.5, 0.6) is 0 Å². The molecule has 0 aliphatic heterocycles. The van der Waals surface area contributed by atoms with E-state index in [0.29, 0.717) is 18.4 Å². The number of hydrogen-bond acceptors (Lipinski definition) is 3. The molecule has 1 aromatic rings. The van der Waals surface area contributed by atoms with E-state index in [1.807, 2.05) is 6.07 Å². The van der Waals surface area contributed by atoms with Gasteiger partial charge in [-0.1, -0.05) is 27.7 Å². The summed E-state index contributed by atoms with van der Waals surface area (Å²) in [5, 5.41) is 3.41. The standard InChI is InChI=1S/C14H25NO2/c1-11(2)7-15-8-13-5-6-17-14(13)10-16-9-12(3)4/h5-6,11-12,15H,7-10H2,1-4H3. The lowest BCUT2D eigenvalue weighted by Crippen LogP contribution is -2.19. The van der Waals surface area contributed by atoms with Crippen LogP contribution in [0.25, 0.3) is 0 Å². The SMILES string of the molecule is CC(C)CNCc1ccoc1COCC(C)C. The van der Waals surface area contributed by atoms with E-state index in [-0.39, 0.29) is 0 Å². The minimum atomic E-state index is 0.562. The van der Waals surface area contributed by atoms with Crippen molar-refractivity contribution in [2.45, 2.75) is 40.8 Å². The summed E-state index contributed by atoms with van der Waals surface area (Å²) in [6.45, 7) is 11.9. The average molecular weight is 239 g/mol. The first-order valence-corrected chi connectivity index (χ1v) is 6.43. The van der Waals surface area contributed by atoms with Gasteiger partial charge in [0.15, 0.2) is 0 Å². The predicted octanol–water partition coefficient (Wildman–Crippen LogP) is 3.20. The smallest absolute Gasteiger partial charge is 0.133 e. The van der Waals surface area contributed by atoms with Gasteiger partial charge in [-0.05, 0) is 24.4 Å². The Bertz CT molecular complexity index is 276. The van der Waals surface area contributed by atoms with Crippen molar-refractivity contribution in [3.63, 3.8) is 0 Å². The lowest BCUT2D eigenvalue weighted by molar-refractivity contribution is 0.0838. The highest BCUT2D eigenvalue weighted by Crippen LogP contribution is 2.12. The fourth-order valence-corrected chi connectivity index (χ4v) is 1.53. The third-order valence-electron chi connectivity index (χ3n) is 2.39. The van der Waals surface area contributed by atoms with Crippen molar-refractivity contribution < 1.29 is 9.15 Å². The van der Waals surface area contributed by atoms with Crippen molar-refractivity contribution in [1.29, 1.82) is 0 Å². The molecular formula is C14H25NO2. The second-order valence-corrected chi connectivity index (χ2v) is 5.30. The molecule has 0 aliphatic rings. The maximum atomic E-state index is 5.59. The maximum absolute atomic E-state index is 5.59. The Morgan fingerprint density at radius 1 is 1.24 bits per heavy atom. The van der Waals surface area contributed by atoms with E-state index in [1.54, 1.807) is 6.26 Å². The van der Waals surface area contributed by atoms with Crippen LogP contribution in [-0.2, 0) is 17.9 Å². The van der Waals surface area contributed by atoms with Crippen molar-refractivity contribution in [3.8, 4) is 0 Å². The Labute approximate surface area is 105 Å². The summed E-state index contributed by atoms with van der Waals surface area (Å²) in [6, 6.07) is 2.02. The number of ether oxygens (including phenoxy) is 1. The zero-order chi connectivity index (χ0) is 12.7. The zero-order valence-corrected chi connectivity index (χ0v) is 11.5. The Hall–Kier alpha value is -0.800. The normalized spacial score (nSPS) is 11.6. The number of hydrogen-bond donors (Lipinski definition) is 1. The highest BCUT2D eigenvalue weighted by molar-refractivity contribution is 5.16. The van der Waals surface area contributed by atoms with Crippen LogP contribution in [-0.4, -0.2) is 13.2 Å². The minimum Gasteiger partial charge on any atom is -0.467 e. The maximum Gasteiger partial charge on any atom is 0.133 e. The predicted molar refractivity (Wildman–Crippen MR) is 69.7 cm³/mol. The average Bonchev–Trinajstić information content (AvgIpc) is 2.65. The second kappa shape index (κ2) is 7.51. The molecule has 1 N–H and O–H groups in total. The van der Waals surface area contributed by atoms with E-state index in [4.69, 9.17) is 9.15 Å². The molecule has 1 aromatic heterocycles. The Balaban J connectivity index is 2.32. The van der Waals surface area contributed by atoms with E-state index in [2.05, 4.69) is 33.0 Å². The van der Waals surface area contributed by atoms with Gasteiger partial charge in [0.2, 0.25) is 0 Å². The first-order chi connectivity index (χ1) is 8.09. The van der Waals surface area contributed by atoms with Gasteiger partial charge in [-0.25, -0.2) is 0 Å². The molecule has 0 atom stereocenters. The monoisotopic (exact) mass is 239 g/mol. The second-order valence-electron chi connectivity index (χ2n) is 5.30. The topological polar surface area (TPSA) is 34.4 Å². The molecule has 0 saturated heterocycles. The lowest BCUT2D eigenvalue weighted by atomic mass is 10.2. The van der Waals surface area contributed by atoms with Crippen molar-refractivity contribution >= 4 is 0 Å². The fraction of sp³-hybridized carbons (Fsp3) is 0.714. The summed E-state index contributed by atoms with van der Waals surface area (Å²) in [4.78, 5) is 0. The molecule has 17 heavy (non-hydrogen) atoms. The van der Waals surface area contributed by atoms with Crippen LogP contribution in [0.2, 0.25) is 0 Å². The van der Waals surface area contributed by atoms with Crippen molar-refractivity contribution in [3.05, 3.63) is 23.7 Å². The van der Waals surface area contributed by atoms with Crippen LogP contribution in [0.15, 0.2) is 16.7 Å². The number of nitrogens with one attached hydrogen (secondary N) is 1. The number of furan rings is 1. The Morgan fingerprint density at radius 2 is 2.00 bits per heavy atom. The van der Waals surface area contributed by atoms with Crippen molar-refractivity contribution in [2.75, 3.05) is 13.2 Å². The minimum absolute atomic E-state index is 0.562. The van der Waals surface area contributed by atoms with Crippen molar-refractivity contribution in [1.82, 2.24) is 5.32 Å². The molecule has 0 fully saturated rings. The van der Waals surface area contributed by atoms with Gasteiger partial charge in [-0.15, -0.1) is 0 Å². The molecule has 1 heterocycles. The van der Waals surface area contributed by atoms with Gasteiger partial charge in [0, 0.05) is 18.7 Å². The summed E-state index contributed by atoms with van der Waals surface area (Å²) >= 11 is 0. The molecule has 1 rings (SSSR count). The van der Waals surface area contributed by atoms with E-state index >= 15 is 0 Å². The van der Waals surface area contributed by atoms with Crippen LogP contribution in [0.3, 0.4) is 0 Å². The lowest BCUT2D eigenvalue weighted by Gasteiger charge is -2.09. The molecule has 98 valence electrons. The van der Waals surface area contributed by atoms with Crippen molar-refractivity contribution in [2.24, 2.45) is 11.8 Å². The van der Waals surface area contributed by atoms with Crippen LogP contribution in [0.1, 0.15) is 39.0 Å². The zero-order valence-electron chi connectivity index (χ0n) is 11.5. The molecule has 0 saturated carbocycles.